The van der Waals surface area contributed by atoms with Gasteiger partial charge in [-0.05, 0) is 44.0 Å². The van der Waals surface area contributed by atoms with Gasteiger partial charge in [0.1, 0.15) is 0 Å². The van der Waals surface area contributed by atoms with Crippen molar-refractivity contribution in [1.29, 1.82) is 0 Å². The maximum Gasteiger partial charge on any atom is 0.321 e. The van der Waals surface area contributed by atoms with Crippen LogP contribution in [0.15, 0.2) is 29.4 Å². The van der Waals surface area contributed by atoms with Crippen LogP contribution < -0.4 is 10.6 Å². The van der Waals surface area contributed by atoms with Gasteiger partial charge in [0.05, 0.1) is 5.75 Å². The van der Waals surface area contributed by atoms with E-state index in [4.69, 9.17) is 11.6 Å². The van der Waals surface area contributed by atoms with E-state index in [-0.39, 0.29) is 17.7 Å². The van der Waals surface area contributed by atoms with Crippen molar-refractivity contribution in [3.8, 4) is 11.4 Å². The minimum atomic E-state index is -0.420. The van der Waals surface area contributed by atoms with E-state index in [1.165, 1.54) is 18.2 Å². The molecule has 7 nitrogen and oxygen atoms in total. The molecule has 0 bridgehead atoms. The quantitative estimate of drug-likeness (QED) is 0.691. The number of nitrogens with one attached hydrogen (secondary N) is 2. The fraction of sp³-hybridized carbons (Fsp3) is 0.474. The first-order valence-electron chi connectivity index (χ1n) is 9.49. The molecule has 2 N–H and O–H groups in total. The summed E-state index contributed by atoms with van der Waals surface area (Å²) in [6, 6.07) is 7.12. The van der Waals surface area contributed by atoms with Gasteiger partial charge in [0, 0.05) is 23.2 Å². The number of imide groups is 1. The van der Waals surface area contributed by atoms with Crippen molar-refractivity contribution in [1.82, 2.24) is 25.4 Å². The minimum absolute atomic E-state index is 0.0941. The van der Waals surface area contributed by atoms with E-state index < -0.39 is 6.03 Å². The van der Waals surface area contributed by atoms with Crippen LogP contribution in [0.5, 0.6) is 0 Å². The molecule has 1 saturated carbocycles. The summed E-state index contributed by atoms with van der Waals surface area (Å²) in [5, 5.41) is 15.0. The second kappa shape index (κ2) is 9.93. The molecule has 1 aliphatic carbocycles. The SMILES string of the molecule is CCn1c(SCC(=O)NC(=O)NC2CCCCC2)nnc1-c1ccc(Cl)cc1. The fourth-order valence-corrected chi connectivity index (χ4v) is 4.18. The molecule has 1 heterocycles. The van der Waals surface area contributed by atoms with Crippen LogP contribution in [0.25, 0.3) is 11.4 Å². The maximum absolute atomic E-state index is 12.1. The lowest BCUT2D eigenvalue weighted by atomic mass is 9.96. The lowest BCUT2D eigenvalue weighted by Gasteiger charge is -2.22. The van der Waals surface area contributed by atoms with Gasteiger partial charge < -0.3 is 9.88 Å². The highest BCUT2D eigenvalue weighted by Gasteiger charge is 2.18. The van der Waals surface area contributed by atoms with Gasteiger partial charge in [-0.2, -0.15) is 0 Å². The summed E-state index contributed by atoms with van der Waals surface area (Å²) in [5.74, 6) is 0.464. The predicted molar refractivity (Wildman–Crippen MR) is 110 cm³/mol. The van der Waals surface area contributed by atoms with E-state index in [0.717, 1.165) is 37.1 Å². The third-order valence-electron chi connectivity index (χ3n) is 4.66. The number of hydrogen-bond acceptors (Lipinski definition) is 5. The van der Waals surface area contributed by atoms with Crippen LogP contribution in [0, 0.1) is 0 Å². The highest BCUT2D eigenvalue weighted by Crippen LogP contribution is 2.25. The van der Waals surface area contributed by atoms with Gasteiger partial charge in [-0.3, -0.25) is 10.1 Å². The maximum atomic E-state index is 12.1. The second-order valence-corrected chi connectivity index (χ2v) is 8.08. The van der Waals surface area contributed by atoms with E-state index in [1.54, 1.807) is 12.1 Å². The Labute approximate surface area is 173 Å². The Morgan fingerprint density at radius 2 is 1.89 bits per heavy atom. The Morgan fingerprint density at radius 1 is 1.18 bits per heavy atom. The number of rotatable bonds is 6. The number of carbonyl (C=O) groups excluding carboxylic acids is 2. The number of amides is 3. The molecule has 1 fully saturated rings. The van der Waals surface area contributed by atoms with Gasteiger partial charge >= 0.3 is 6.03 Å². The average Bonchev–Trinajstić information content (AvgIpc) is 3.10. The molecule has 0 unspecified atom stereocenters. The smallest absolute Gasteiger partial charge is 0.321 e. The molecule has 0 atom stereocenters. The Balaban J connectivity index is 1.54. The van der Waals surface area contributed by atoms with Crippen LogP contribution in [0.4, 0.5) is 4.79 Å². The Morgan fingerprint density at radius 3 is 2.57 bits per heavy atom. The zero-order valence-electron chi connectivity index (χ0n) is 15.8. The molecular weight excluding hydrogens is 398 g/mol. The van der Waals surface area contributed by atoms with E-state index in [9.17, 15) is 9.59 Å². The zero-order valence-corrected chi connectivity index (χ0v) is 17.4. The number of urea groups is 1. The molecule has 1 aromatic heterocycles. The first-order chi connectivity index (χ1) is 13.6. The van der Waals surface area contributed by atoms with E-state index in [1.807, 2.05) is 23.6 Å². The third kappa shape index (κ3) is 5.48. The van der Waals surface area contributed by atoms with Crippen LogP contribution in [0.2, 0.25) is 5.02 Å². The van der Waals surface area contributed by atoms with Gasteiger partial charge in [-0.25, -0.2) is 4.79 Å². The van der Waals surface area contributed by atoms with Crippen molar-refractivity contribution >= 4 is 35.3 Å². The highest BCUT2D eigenvalue weighted by molar-refractivity contribution is 7.99. The molecule has 0 spiro atoms. The molecule has 3 rings (SSSR count). The van der Waals surface area contributed by atoms with Gasteiger partial charge in [0.25, 0.3) is 0 Å². The average molecular weight is 422 g/mol. The number of aromatic nitrogens is 3. The van der Waals surface area contributed by atoms with Crippen molar-refractivity contribution in [3.63, 3.8) is 0 Å². The van der Waals surface area contributed by atoms with Crippen molar-refractivity contribution in [2.75, 3.05) is 5.75 Å². The van der Waals surface area contributed by atoms with Crippen LogP contribution in [-0.2, 0) is 11.3 Å². The van der Waals surface area contributed by atoms with Crippen molar-refractivity contribution in [2.45, 2.75) is 56.8 Å². The van der Waals surface area contributed by atoms with Crippen molar-refractivity contribution in [2.24, 2.45) is 0 Å². The molecule has 3 amide bonds. The van der Waals surface area contributed by atoms with Gasteiger partial charge in [0.2, 0.25) is 5.91 Å². The van der Waals surface area contributed by atoms with Crippen LogP contribution >= 0.6 is 23.4 Å². The minimum Gasteiger partial charge on any atom is -0.335 e. The van der Waals surface area contributed by atoms with Gasteiger partial charge in [0.15, 0.2) is 11.0 Å². The molecule has 28 heavy (non-hydrogen) atoms. The van der Waals surface area contributed by atoms with Gasteiger partial charge in [-0.15, -0.1) is 10.2 Å². The summed E-state index contributed by atoms with van der Waals surface area (Å²) in [4.78, 5) is 24.1. The zero-order chi connectivity index (χ0) is 19.9. The summed E-state index contributed by atoms with van der Waals surface area (Å²) in [7, 11) is 0. The van der Waals surface area contributed by atoms with E-state index >= 15 is 0 Å². The molecule has 0 saturated heterocycles. The highest BCUT2D eigenvalue weighted by atomic mass is 35.5. The largest absolute Gasteiger partial charge is 0.335 e. The molecule has 9 heteroatoms. The summed E-state index contributed by atoms with van der Waals surface area (Å²) >= 11 is 7.20. The summed E-state index contributed by atoms with van der Waals surface area (Å²) in [5.41, 5.74) is 0.905. The van der Waals surface area contributed by atoms with Crippen molar-refractivity contribution < 1.29 is 9.59 Å². The number of nitrogens with zero attached hydrogens (tertiary/aromatic N) is 3. The molecule has 1 aromatic carbocycles. The number of benzene rings is 1. The van der Waals surface area contributed by atoms with Crippen LogP contribution in [-0.4, -0.2) is 38.5 Å². The van der Waals surface area contributed by atoms with Crippen LogP contribution in [0.3, 0.4) is 0 Å². The lowest BCUT2D eigenvalue weighted by molar-refractivity contribution is -0.117. The first-order valence-corrected chi connectivity index (χ1v) is 10.9. The Hall–Kier alpha value is -2.06. The molecule has 150 valence electrons. The van der Waals surface area contributed by atoms with E-state index in [0.29, 0.717) is 16.7 Å². The Bertz CT molecular complexity index is 818. The first kappa shape index (κ1) is 20.7. The standard InChI is InChI=1S/C19H24ClN5O2S/c1-2-25-17(13-8-10-14(20)11-9-13)23-24-19(25)28-12-16(26)22-18(27)21-15-6-4-3-5-7-15/h8-11,15H,2-7,12H2,1H3,(H2,21,22,26,27). The number of halogens is 1. The Kier molecular flexibility index (Phi) is 7.33. The number of thioether (sulfide) groups is 1. The summed E-state index contributed by atoms with van der Waals surface area (Å²) < 4.78 is 1.93. The molecular formula is C19H24ClN5O2S. The van der Waals surface area contributed by atoms with Crippen LogP contribution in [0.1, 0.15) is 39.0 Å². The topological polar surface area (TPSA) is 88.9 Å². The normalized spacial score (nSPS) is 14.6. The fourth-order valence-electron chi connectivity index (χ4n) is 3.25. The summed E-state index contributed by atoms with van der Waals surface area (Å²) in [6.07, 6.45) is 5.41. The third-order valence-corrected chi connectivity index (χ3v) is 5.88. The predicted octanol–water partition coefficient (Wildman–Crippen LogP) is 3.87. The number of hydrogen-bond donors (Lipinski definition) is 2. The number of carbonyl (C=O) groups is 2. The molecule has 2 aromatic rings. The lowest BCUT2D eigenvalue weighted by Crippen LogP contribution is -2.45. The molecule has 0 radical (unpaired) electrons. The van der Waals surface area contributed by atoms with E-state index in [2.05, 4.69) is 20.8 Å². The second-order valence-electron chi connectivity index (χ2n) is 6.70. The van der Waals surface area contributed by atoms with Crippen molar-refractivity contribution in [3.05, 3.63) is 29.3 Å². The van der Waals surface area contributed by atoms with Gasteiger partial charge in [-0.1, -0.05) is 42.6 Å². The summed E-state index contributed by atoms with van der Waals surface area (Å²) in [6.45, 7) is 2.65. The molecule has 1 aliphatic rings. The molecule has 0 aliphatic heterocycles. The monoisotopic (exact) mass is 421 g/mol.